The maximum Gasteiger partial charge on any atom is 0.309 e. The lowest BCUT2D eigenvalue weighted by Gasteiger charge is -2.38. The van der Waals surface area contributed by atoms with Crippen molar-refractivity contribution in [1.82, 2.24) is 0 Å². The van der Waals surface area contributed by atoms with Gasteiger partial charge in [0.2, 0.25) is 0 Å². The molecular weight excluding hydrogens is 454 g/mol. The number of carbonyl (C=O) groups is 1. The van der Waals surface area contributed by atoms with E-state index in [0.29, 0.717) is 0 Å². The molecule has 0 spiro atoms. The van der Waals surface area contributed by atoms with Crippen LogP contribution >= 0.6 is 0 Å². The number of hydrogen-bond acceptors (Lipinski definition) is 3. The lowest BCUT2D eigenvalue weighted by Crippen LogP contribution is -2.34. The number of carbonyl (C=O) groups excluding carboxylic acids is 1. The van der Waals surface area contributed by atoms with Crippen molar-refractivity contribution in [1.29, 1.82) is 5.26 Å². The molecular formula is C34H59NO2. The number of nitrogens with zero attached hydrogens (tertiary/aromatic N) is 1. The van der Waals surface area contributed by atoms with Crippen molar-refractivity contribution in [3.8, 4) is 6.07 Å². The molecule has 3 rings (SSSR count). The standard InChI is InChI=1S/C34H59NO2/c1-3-5-7-9-11-13-28-14-16-29(17-15-28)30-18-20-31(21-19-30)33(36)37-32-22-25-34(27-35,26-23-32)24-12-10-8-6-4-2/h28-32H,3-26H2,1-2H3/t28-,29-,30-,31-,32?,34?. The predicted molar refractivity (Wildman–Crippen MR) is 154 cm³/mol. The summed E-state index contributed by atoms with van der Waals surface area (Å²) in [5.74, 6) is 2.93. The number of hydrogen-bond donors (Lipinski definition) is 0. The van der Waals surface area contributed by atoms with E-state index >= 15 is 0 Å². The molecule has 0 unspecified atom stereocenters. The van der Waals surface area contributed by atoms with E-state index in [-0.39, 0.29) is 23.4 Å². The van der Waals surface area contributed by atoms with E-state index in [1.807, 2.05) is 0 Å². The highest BCUT2D eigenvalue weighted by Gasteiger charge is 2.38. The topological polar surface area (TPSA) is 50.1 Å². The van der Waals surface area contributed by atoms with Gasteiger partial charge >= 0.3 is 5.97 Å². The first-order valence-corrected chi connectivity index (χ1v) is 16.7. The van der Waals surface area contributed by atoms with Gasteiger partial charge in [-0.1, -0.05) is 97.3 Å². The molecule has 0 amide bonds. The Morgan fingerprint density at radius 2 is 1.27 bits per heavy atom. The first-order valence-electron chi connectivity index (χ1n) is 16.7. The predicted octanol–water partition coefficient (Wildman–Crippen LogP) is 10.3. The van der Waals surface area contributed by atoms with Crippen molar-refractivity contribution < 1.29 is 9.53 Å². The van der Waals surface area contributed by atoms with E-state index < -0.39 is 0 Å². The minimum Gasteiger partial charge on any atom is -0.462 e. The smallest absolute Gasteiger partial charge is 0.309 e. The van der Waals surface area contributed by atoms with Crippen LogP contribution in [0.5, 0.6) is 0 Å². The van der Waals surface area contributed by atoms with E-state index in [9.17, 15) is 10.1 Å². The SMILES string of the molecule is CCCCCCCC1(C#N)CCC(OC(=O)[C@H]2CC[C@H]([C@H]3CC[C@H](CCCCCCC)CC3)CC2)CC1. The molecule has 0 aromatic heterocycles. The Hall–Kier alpha value is -1.04. The second-order valence-corrected chi connectivity index (χ2v) is 13.3. The highest BCUT2D eigenvalue weighted by molar-refractivity contribution is 5.72. The lowest BCUT2D eigenvalue weighted by molar-refractivity contribution is -0.158. The molecule has 0 aromatic rings. The summed E-state index contributed by atoms with van der Waals surface area (Å²) in [7, 11) is 0. The molecule has 0 aromatic carbocycles. The molecule has 0 bridgehead atoms. The Balaban J connectivity index is 1.28. The van der Waals surface area contributed by atoms with Crippen molar-refractivity contribution in [2.75, 3.05) is 0 Å². The third-order valence-electron chi connectivity index (χ3n) is 10.5. The van der Waals surface area contributed by atoms with E-state index in [2.05, 4.69) is 19.9 Å². The van der Waals surface area contributed by atoms with Gasteiger partial charge < -0.3 is 4.74 Å². The summed E-state index contributed by atoms with van der Waals surface area (Å²) in [6, 6.07) is 2.66. The molecule has 3 aliphatic rings. The molecule has 3 aliphatic carbocycles. The van der Waals surface area contributed by atoms with Crippen molar-refractivity contribution in [3.05, 3.63) is 0 Å². The van der Waals surface area contributed by atoms with Crippen LogP contribution in [0, 0.1) is 40.4 Å². The van der Waals surface area contributed by atoms with Gasteiger partial charge in [-0.2, -0.15) is 5.26 Å². The van der Waals surface area contributed by atoms with E-state index in [1.165, 1.54) is 109 Å². The summed E-state index contributed by atoms with van der Waals surface area (Å²) in [4.78, 5) is 13.0. The highest BCUT2D eigenvalue weighted by atomic mass is 16.5. The van der Waals surface area contributed by atoms with Crippen molar-refractivity contribution in [2.24, 2.45) is 29.1 Å². The monoisotopic (exact) mass is 513 g/mol. The van der Waals surface area contributed by atoms with Crippen molar-refractivity contribution in [3.63, 3.8) is 0 Å². The Kier molecular flexibility index (Phi) is 13.9. The molecule has 3 fully saturated rings. The largest absolute Gasteiger partial charge is 0.462 e. The summed E-state index contributed by atoms with van der Waals surface area (Å²) >= 11 is 0. The molecule has 212 valence electrons. The number of ether oxygens (including phenoxy) is 1. The van der Waals surface area contributed by atoms with E-state index in [4.69, 9.17) is 4.74 Å². The Morgan fingerprint density at radius 1 is 0.730 bits per heavy atom. The van der Waals surface area contributed by atoms with Gasteiger partial charge in [-0.05, 0) is 88.4 Å². The fourth-order valence-electron chi connectivity index (χ4n) is 7.82. The number of nitriles is 1. The zero-order valence-electron chi connectivity index (χ0n) is 24.6. The first kappa shape index (κ1) is 30.5. The molecule has 0 saturated heterocycles. The maximum absolute atomic E-state index is 13.0. The van der Waals surface area contributed by atoms with Crippen LogP contribution < -0.4 is 0 Å². The zero-order chi connectivity index (χ0) is 26.3. The van der Waals surface area contributed by atoms with E-state index in [1.54, 1.807) is 0 Å². The maximum atomic E-state index is 13.0. The fraction of sp³-hybridized carbons (Fsp3) is 0.941. The normalized spacial score (nSPS) is 32.5. The second kappa shape index (κ2) is 16.8. The Labute approximate surface area is 229 Å². The molecule has 37 heavy (non-hydrogen) atoms. The summed E-state index contributed by atoms with van der Waals surface area (Å²) in [5.41, 5.74) is -0.165. The average Bonchev–Trinajstić information content (AvgIpc) is 2.94. The molecule has 0 heterocycles. The van der Waals surface area contributed by atoms with Crippen LogP contribution in [0.3, 0.4) is 0 Å². The van der Waals surface area contributed by atoms with Gasteiger partial charge in [-0.15, -0.1) is 0 Å². The van der Waals surface area contributed by atoms with Crippen LogP contribution in [-0.2, 0) is 9.53 Å². The Morgan fingerprint density at radius 3 is 1.84 bits per heavy atom. The minimum atomic E-state index is -0.165. The summed E-state index contributed by atoms with van der Waals surface area (Å²) in [6.45, 7) is 4.54. The molecule has 0 radical (unpaired) electrons. The molecule has 0 atom stereocenters. The van der Waals surface area contributed by atoms with Gasteiger partial charge in [0.15, 0.2) is 0 Å². The molecule has 0 aliphatic heterocycles. The molecule has 0 N–H and O–H groups in total. The van der Waals surface area contributed by atoms with Crippen LogP contribution in [0.15, 0.2) is 0 Å². The number of esters is 1. The second-order valence-electron chi connectivity index (χ2n) is 13.3. The van der Waals surface area contributed by atoms with Gasteiger partial charge in [0.05, 0.1) is 17.4 Å². The number of rotatable bonds is 15. The quantitative estimate of drug-likeness (QED) is 0.162. The van der Waals surface area contributed by atoms with Crippen molar-refractivity contribution >= 4 is 5.97 Å². The first-order chi connectivity index (χ1) is 18.1. The summed E-state index contributed by atoms with van der Waals surface area (Å²) in [5, 5.41) is 9.87. The average molecular weight is 514 g/mol. The van der Waals surface area contributed by atoms with Crippen LogP contribution in [-0.4, -0.2) is 12.1 Å². The number of unbranched alkanes of at least 4 members (excludes halogenated alkanes) is 8. The van der Waals surface area contributed by atoms with E-state index in [0.717, 1.165) is 62.7 Å². The summed E-state index contributed by atoms with van der Waals surface area (Å²) in [6.07, 6.45) is 29.7. The zero-order valence-corrected chi connectivity index (χ0v) is 24.6. The highest BCUT2D eigenvalue weighted by Crippen LogP contribution is 2.44. The van der Waals surface area contributed by atoms with Crippen LogP contribution in [0.4, 0.5) is 0 Å². The molecule has 3 heteroatoms. The minimum absolute atomic E-state index is 0.0454. The van der Waals surface area contributed by atoms with Gasteiger partial charge in [0, 0.05) is 0 Å². The van der Waals surface area contributed by atoms with Gasteiger partial charge in [0.25, 0.3) is 0 Å². The molecule has 3 saturated carbocycles. The van der Waals surface area contributed by atoms with Gasteiger partial charge in [-0.3, -0.25) is 4.79 Å². The Bertz CT molecular complexity index is 658. The van der Waals surface area contributed by atoms with Crippen LogP contribution in [0.1, 0.15) is 168 Å². The van der Waals surface area contributed by atoms with Crippen LogP contribution in [0.25, 0.3) is 0 Å². The lowest BCUT2D eigenvalue weighted by atomic mass is 9.68. The third-order valence-corrected chi connectivity index (χ3v) is 10.5. The van der Waals surface area contributed by atoms with Crippen molar-refractivity contribution in [2.45, 2.75) is 174 Å². The van der Waals surface area contributed by atoms with Crippen LogP contribution in [0.2, 0.25) is 0 Å². The van der Waals surface area contributed by atoms with Gasteiger partial charge in [0.1, 0.15) is 6.10 Å². The molecule has 3 nitrogen and oxygen atoms in total. The summed E-state index contributed by atoms with van der Waals surface area (Å²) < 4.78 is 6.03. The van der Waals surface area contributed by atoms with Gasteiger partial charge in [-0.25, -0.2) is 0 Å². The third kappa shape index (κ3) is 10.2. The fourth-order valence-corrected chi connectivity index (χ4v) is 7.82.